The lowest BCUT2D eigenvalue weighted by molar-refractivity contribution is -0.116. The van der Waals surface area contributed by atoms with Gasteiger partial charge in [-0.1, -0.05) is 6.07 Å². The average Bonchev–Trinajstić information content (AvgIpc) is 3.11. The fourth-order valence-electron chi connectivity index (χ4n) is 2.51. The Balaban J connectivity index is 0.00000161. The number of hydrogen-bond acceptors (Lipinski definition) is 3. The molecule has 0 aliphatic carbocycles. The molecule has 3 rings (SSSR count). The lowest BCUT2D eigenvalue weighted by atomic mass is 10.0. The third-order valence-electron chi connectivity index (χ3n) is 3.54. The highest BCUT2D eigenvalue weighted by Crippen LogP contribution is 2.16. The van der Waals surface area contributed by atoms with Gasteiger partial charge in [0.05, 0.1) is 5.69 Å². The number of aromatic nitrogens is 2. The molecule has 1 aromatic carbocycles. The number of nitrogens with zero attached hydrogens (tertiary/aromatic N) is 2. The van der Waals surface area contributed by atoms with E-state index in [1.54, 1.807) is 10.9 Å². The van der Waals surface area contributed by atoms with Gasteiger partial charge in [0.15, 0.2) is 0 Å². The van der Waals surface area contributed by atoms with Gasteiger partial charge in [-0.3, -0.25) is 4.79 Å². The molecule has 1 amide bonds. The first-order chi connectivity index (χ1) is 9.81. The van der Waals surface area contributed by atoms with Gasteiger partial charge < -0.3 is 10.6 Å². The summed E-state index contributed by atoms with van der Waals surface area (Å²) in [5.74, 6) is 0.542. The number of benzene rings is 1. The van der Waals surface area contributed by atoms with Crippen molar-refractivity contribution >= 4 is 24.0 Å². The molecule has 112 valence electrons. The highest BCUT2D eigenvalue weighted by Gasteiger charge is 2.18. The first-order valence-corrected chi connectivity index (χ1v) is 6.92. The van der Waals surface area contributed by atoms with Gasteiger partial charge in [-0.2, -0.15) is 5.10 Å². The standard InChI is InChI=1S/C15H18N4O.ClH/c20-15(9-12-5-7-16-11-12)18-13-3-1-4-14(10-13)19-8-2-6-17-19;/h1-4,6,8,10,12,16H,5,7,9,11H2,(H,18,20);1H. The van der Waals surface area contributed by atoms with Gasteiger partial charge in [0, 0.05) is 24.5 Å². The van der Waals surface area contributed by atoms with Crippen molar-refractivity contribution in [1.82, 2.24) is 15.1 Å². The van der Waals surface area contributed by atoms with Gasteiger partial charge >= 0.3 is 0 Å². The molecular formula is C15H19ClN4O. The molecule has 2 aromatic rings. The highest BCUT2D eigenvalue weighted by molar-refractivity contribution is 5.91. The van der Waals surface area contributed by atoms with Gasteiger partial charge in [0.2, 0.25) is 5.91 Å². The van der Waals surface area contributed by atoms with E-state index >= 15 is 0 Å². The summed E-state index contributed by atoms with van der Waals surface area (Å²) in [7, 11) is 0. The molecule has 0 spiro atoms. The quantitative estimate of drug-likeness (QED) is 0.910. The Labute approximate surface area is 130 Å². The van der Waals surface area contributed by atoms with Crippen LogP contribution in [0.1, 0.15) is 12.8 Å². The van der Waals surface area contributed by atoms with E-state index in [4.69, 9.17) is 0 Å². The number of carbonyl (C=O) groups excluding carboxylic acids is 1. The number of hydrogen-bond donors (Lipinski definition) is 2. The number of amides is 1. The van der Waals surface area contributed by atoms with Crippen LogP contribution in [-0.4, -0.2) is 28.8 Å². The maximum Gasteiger partial charge on any atom is 0.224 e. The molecule has 5 nitrogen and oxygen atoms in total. The van der Waals surface area contributed by atoms with Crippen LogP contribution in [0.25, 0.3) is 5.69 Å². The maximum atomic E-state index is 12.0. The second-order valence-electron chi connectivity index (χ2n) is 5.11. The number of halogens is 1. The van der Waals surface area contributed by atoms with E-state index in [0.717, 1.165) is 30.9 Å². The van der Waals surface area contributed by atoms with Crippen LogP contribution in [0, 0.1) is 5.92 Å². The van der Waals surface area contributed by atoms with Crippen molar-refractivity contribution in [3.63, 3.8) is 0 Å². The summed E-state index contributed by atoms with van der Waals surface area (Å²) in [6.07, 6.45) is 5.28. The zero-order chi connectivity index (χ0) is 13.8. The Hall–Kier alpha value is -1.85. The molecule has 1 fully saturated rings. The van der Waals surface area contributed by atoms with Gasteiger partial charge in [-0.05, 0) is 49.7 Å². The summed E-state index contributed by atoms with van der Waals surface area (Å²) >= 11 is 0. The number of nitrogens with one attached hydrogen (secondary N) is 2. The molecule has 1 aliphatic rings. The molecular weight excluding hydrogens is 288 g/mol. The minimum atomic E-state index is 0. The Morgan fingerprint density at radius 1 is 1.43 bits per heavy atom. The Morgan fingerprint density at radius 2 is 2.33 bits per heavy atom. The van der Waals surface area contributed by atoms with Crippen molar-refractivity contribution < 1.29 is 4.79 Å². The zero-order valence-electron chi connectivity index (χ0n) is 11.7. The summed E-state index contributed by atoms with van der Waals surface area (Å²) in [6.45, 7) is 1.97. The van der Waals surface area contributed by atoms with Crippen LogP contribution in [-0.2, 0) is 4.79 Å². The van der Waals surface area contributed by atoms with E-state index < -0.39 is 0 Å². The summed E-state index contributed by atoms with van der Waals surface area (Å²) in [6, 6.07) is 9.58. The molecule has 0 radical (unpaired) electrons. The van der Waals surface area contributed by atoms with Crippen LogP contribution in [0.3, 0.4) is 0 Å². The average molecular weight is 307 g/mol. The highest BCUT2D eigenvalue weighted by atomic mass is 35.5. The van der Waals surface area contributed by atoms with Gasteiger partial charge in [0.25, 0.3) is 0 Å². The predicted molar refractivity (Wildman–Crippen MR) is 85.0 cm³/mol. The van der Waals surface area contributed by atoms with Crippen LogP contribution in [0.5, 0.6) is 0 Å². The van der Waals surface area contributed by atoms with E-state index in [0.29, 0.717) is 12.3 Å². The van der Waals surface area contributed by atoms with E-state index in [1.165, 1.54) is 0 Å². The van der Waals surface area contributed by atoms with E-state index in [1.807, 2.05) is 36.5 Å². The van der Waals surface area contributed by atoms with Crippen LogP contribution >= 0.6 is 12.4 Å². The topological polar surface area (TPSA) is 59.0 Å². The van der Waals surface area contributed by atoms with Crippen molar-refractivity contribution in [3.05, 3.63) is 42.7 Å². The largest absolute Gasteiger partial charge is 0.326 e. The fourth-order valence-corrected chi connectivity index (χ4v) is 2.51. The lowest BCUT2D eigenvalue weighted by Gasteiger charge is -2.10. The predicted octanol–water partition coefficient (Wildman–Crippen LogP) is 2.23. The molecule has 1 atom stereocenters. The number of rotatable bonds is 4. The lowest BCUT2D eigenvalue weighted by Crippen LogP contribution is -2.18. The number of carbonyl (C=O) groups is 1. The molecule has 0 saturated carbocycles. The van der Waals surface area contributed by atoms with E-state index in [9.17, 15) is 4.79 Å². The fraction of sp³-hybridized carbons (Fsp3) is 0.333. The normalized spacial score (nSPS) is 17.2. The van der Waals surface area contributed by atoms with Crippen molar-refractivity contribution in [2.24, 2.45) is 5.92 Å². The Morgan fingerprint density at radius 3 is 3.05 bits per heavy atom. The van der Waals surface area contributed by atoms with Gasteiger partial charge in [-0.25, -0.2) is 4.68 Å². The molecule has 21 heavy (non-hydrogen) atoms. The molecule has 1 aliphatic heterocycles. The maximum absolute atomic E-state index is 12.0. The SMILES string of the molecule is Cl.O=C(CC1CCNC1)Nc1cccc(-n2cccn2)c1. The minimum Gasteiger partial charge on any atom is -0.326 e. The molecule has 6 heteroatoms. The molecule has 2 N–H and O–H groups in total. The Bertz CT molecular complexity index is 579. The number of anilines is 1. The second kappa shape index (κ2) is 7.24. The van der Waals surface area contributed by atoms with Crippen molar-refractivity contribution in [1.29, 1.82) is 0 Å². The van der Waals surface area contributed by atoms with Gasteiger partial charge in [0.1, 0.15) is 0 Å². The summed E-state index contributed by atoms with van der Waals surface area (Å²) < 4.78 is 1.77. The monoisotopic (exact) mass is 306 g/mol. The smallest absolute Gasteiger partial charge is 0.224 e. The van der Waals surface area contributed by atoms with Crippen molar-refractivity contribution in [3.8, 4) is 5.69 Å². The third kappa shape index (κ3) is 4.06. The second-order valence-corrected chi connectivity index (χ2v) is 5.11. The zero-order valence-corrected chi connectivity index (χ0v) is 12.5. The first kappa shape index (κ1) is 15.5. The van der Waals surface area contributed by atoms with Crippen LogP contribution in [0.4, 0.5) is 5.69 Å². The third-order valence-corrected chi connectivity index (χ3v) is 3.54. The molecule has 1 unspecified atom stereocenters. The van der Waals surface area contributed by atoms with Crippen LogP contribution in [0.2, 0.25) is 0 Å². The summed E-state index contributed by atoms with van der Waals surface area (Å²) in [5.41, 5.74) is 1.75. The first-order valence-electron chi connectivity index (χ1n) is 6.92. The summed E-state index contributed by atoms with van der Waals surface area (Å²) in [5, 5.41) is 10.4. The van der Waals surface area contributed by atoms with Crippen LogP contribution in [0.15, 0.2) is 42.7 Å². The van der Waals surface area contributed by atoms with E-state index in [-0.39, 0.29) is 18.3 Å². The molecule has 2 heterocycles. The molecule has 1 aromatic heterocycles. The summed E-state index contributed by atoms with van der Waals surface area (Å²) in [4.78, 5) is 12.0. The minimum absolute atomic E-state index is 0. The van der Waals surface area contributed by atoms with Crippen molar-refractivity contribution in [2.45, 2.75) is 12.8 Å². The molecule has 0 bridgehead atoms. The van der Waals surface area contributed by atoms with E-state index in [2.05, 4.69) is 15.7 Å². The van der Waals surface area contributed by atoms with Crippen LogP contribution < -0.4 is 10.6 Å². The van der Waals surface area contributed by atoms with Crippen molar-refractivity contribution in [2.75, 3.05) is 18.4 Å². The van der Waals surface area contributed by atoms with Gasteiger partial charge in [-0.15, -0.1) is 12.4 Å². The molecule has 1 saturated heterocycles. The Kier molecular flexibility index (Phi) is 5.36.